The van der Waals surface area contributed by atoms with Crippen molar-refractivity contribution in [2.45, 2.75) is 20.0 Å². The maximum absolute atomic E-state index is 12.4. The molecule has 0 bridgehead atoms. The van der Waals surface area contributed by atoms with Gasteiger partial charge < -0.3 is 20.5 Å². The first kappa shape index (κ1) is 19.8. The Kier molecular flexibility index (Phi) is 7.00. The van der Waals surface area contributed by atoms with Gasteiger partial charge in [0.2, 0.25) is 0 Å². The van der Waals surface area contributed by atoms with Crippen molar-refractivity contribution in [2.24, 2.45) is 0 Å². The molecule has 0 aromatic heterocycles. The molecule has 2 aromatic rings. The molecule has 0 aliphatic carbocycles. The van der Waals surface area contributed by atoms with Crippen molar-refractivity contribution in [2.75, 3.05) is 23.8 Å². The van der Waals surface area contributed by atoms with Crippen LogP contribution >= 0.6 is 11.6 Å². The number of aliphatic hydroxyl groups is 1. The molecule has 3 N–H and O–H groups in total. The number of hydrogen-bond donors (Lipinski definition) is 3. The van der Waals surface area contributed by atoms with Gasteiger partial charge in [0.1, 0.15) is 0 Å². The minimum atomic E-state index is -0.994. The molecular formula is C19H21ClN2O4. The fourth-order valence-electron chi connectivity index (χ4n) is 2.26. The number of carbonyl (C=O) groups is 2. The maximum Gasteiger partial charge on any atom is 0.341 e. The van der Waals surface area contributed by atoms with Crippen LogP contribution in [0, 0.1) is 6.92 Å². The molecule has 0 aliphatic heterocycles. The third-order valence-corrected chi connectivity index (χ3v) is 4.16. The fourth-order valence-corrected chi connectivity index (χ4v) is 2.44. The first-order valence-corrected chi connectivity index (χ1v) is 8.52. The summed E-state index contributed by atoms with van der Waals surface area (Å²) in [5, 5.41) is 15.1. The zero-order valence-electron chi connectivity index (χ0n) is 14.6. The average molecular weight is 377 g/mol. The number of benzene rings is 2. The summed E-state index contributed by atoms with van der Waals surface area (Å²) in [6.07, 6.45) is -0.994. The zero-order valence-corrected chi connectivity index (χ0v) is 15.3. The Hall–Kier alpha value is -2.57. The summed E-state index contributed by atoms with van der Waals surface area (Å²) in [7, 11) is 0. The van der Waals surface area contributed by atoms with Crippen LogP contribution in [0.2, 0.25) is 5.02 Å². The van der Waals surface area contributed by atoms with Gasteiger partial charge in [-0.25, -0.2) is 4.79 Å². The predicted octanol–water partition coefficient (Wildman–Crippen LogP) is 3.24. The SMILES string of the molecule is Cc1c(Cl)cccc1NC(=O)C(C)OC(=O)c1ccccc1NCCO. The second-order valence-electron chi connectivity index (χ2n) is 5.65. The van der Waals surface area contributed by atoms with E-state index in [0.29, 0.717) is 28.5 Å². The first-order valence-electron chi connectivity index (χ1n) is 8.14. The van der Waals surface area contributed by atoms with Gasteiger partial charge in [0.25, 0.3) is 5.91 Å². The van der Waals surface area contributed by atoms with Crippen LogP contribution < -0.4 is 10.6 Å². The minimum absolute atomic E-state index is 0.0683. The Morgan fingerprint density at radius 1 is 1.15 bits per heavy atom. The van der Waals surface area contributed by atoms with Gasteiger partial charge in [-0.2, -0.15) is 0 Å². The largest absolute Gasteiger partial charge is 0.449 e. The summed E-state index contributed by atoms with van der Waals surface area (Å²) in [5.74, 6) is -1.08. The molecule has 1 amide bonds. The van der Waals surface area contributed by atoms with Crippen LogP contribution in [0.1, 0.15) is 22.8 Å². The molecule has 0 heterocycles. The third kappa shape index (κ3) is 4.97. The summed E-state index contributed by atoms with van der Waals surface area (Å²) in [4.78, 5) is 24.7. The molecule has 0 fully saturated rings. The lowest BCUT2D eigenvalue weighted by Gasteiger charge is -2.16. The van der Waals surface area contributed by atoms with Gasteiger partial charge in [-0.15, -0.1) is 0 Å². The Morgan fingerprint density at radius 2 is 1.85 bits per heavy atom. The van der Waals surface area contributed by atoms with E-state index in [1.54, 1.807) is 49.4 Å². The van der Waals surface area contributed by atoms with Crippen molar-refractivity contribution in [3.8, 4) is 0 Å². The number of anilines is 2. The molecule has 0 saturated heterocycles. The van der Waals surface area contributed by atoms with E-state index < -0.39 is 18.0 Å². The van der Waals surface area contributed by atoms with E-state index in [1.165, 1.54) is 6.92 Å². The number of aliphatic hydroxyl groups excluding tert-OH is 1. The monoisotopic (exact) mass is 376 g/mol. The molecule has 2 rings (SSSR count). The zero-order chi connectivity index (χ0) is 19.1. The highest BCUT2D eigenvalue weighted by atomic mass is 35.5. The lowest BCUT2D eigenvalue weighted by atomic mass is 10.1. The van der Waals surface area contributed by atoms with Crippen LogP contribution in [0.5, 0.6) is 0 Å². The second-order valence-corrected chi connectivity index (χ2v) is 6.05. The molecule has 1 atom stereocenters. The number of ether oxygens (including phenoxy) is 1. The number of carbonyl (C=O) groups excluding carboxylic acids is 2. The number of nitrogens with one attached hydrogen (secondary N) is 2. The van der Waals surface area contributed by atoms with E-state index in [9.17, 15) is 9.59 Å². The lowest BCUT2D eigenvalue weighted by Crippen LogP contribution is -2.30. The van der Waals surface area contributed by atoms with Crippen LogP contribution in [-0.4, -0.2) is 36.2 Å². The smallest absolute Gasteiger partial charge is 0.341 e. The van der Waals surface area contributed by atoms with E-state index in [2.05, 4.69) is 10.6 Å². The highest BCUT2D eigenvalue weighted by Gasteiger charge is 2.21. The Labute approximate surface area is 157 Å². The van der Waals surface area contributed by atoms with Gasteiger partial charge >= 0.3 is 5.97 Å². The second kappa shape index (κ2) is 9.22. The summed E-state index contributed by atoms with van der Waals surface area (Å²) in [6.45, 7) is 3.52. The van der Waals surface area contributed by atoms with Crippen LogP contribution in [-0.2, 0) is 9.53 Å². The van der Waals surface area contributed by atoms with Crippen LogP contribution in [0.25, 0.3) is 0 Å². The molecule has 0 saturated carbocycles. The van der Waals surface area contributed by atoms with Gasteiger partial charge in [-0.1, -0.05) is 29.8 Å². The van der Waals surface area contributed by atoms with E-state index in [4.69, 9.17) is 21.4 Å². The van der Waals surface area contributed by atoms with Gasteiger partial charge in [-0.3, -0.25) is 4.79 Å². The molecule has 7 heteroatoms. The summed E-state index contributed by atoms with van der Waals surface area (Å²) >= 11 is 6.04. The van der Waals surface area contributed by atoms with Gasteiger partial charge in [-0.05, 0) is 43.7 Å². The molecule has 1 unspecified atom stereocenters. The Morgan fingerprint density at radius 3 is 2.58 bits per heavy atom. The first-order chi connectivity index (χ1) is 12.4. The molecule has 26 heavy (non-hydrogen) atoms. The molecular weight excluding hydrogens is 356 g/mol. The predicted molar refractivity (Wildman–Crippen MR) is 102 cm³/mol. The van der Waals surface area contributed by atoms with Crippen molar-refractivity contribution in [3.05, 3.63) is 58.6 Å². The quantitative estimate of drug-likeness (QED) is 0.646. The van der Waals surface area contributed by atoms with Gasteiger partial charge in [0.05, 0.1) is 12.2 Å². The topological polar surface area (TPSA) is 87.7 Å². The molecule has 0 aliphatic rings. The number of hydrogen-bond acceptors (Lipinski definition) is 5. The maximum atomic E-state index is 12.4. The van der Waals surface area contributed by atoms with E-state index in [0.717, 1.165) is 5.56 Å². The summed E-state index contributed by atoms with van der Waals surface area (Å²) < 4.78 is 5.27. The number of para-hydroxylation sites is 1. The number of esters is 1. The number of halogens is 1. The van der Waals surface area contributed by atoms with E-state index in [-0.39, 0.29) is 6.61 Å². The Bertz CT molecular complexity index is 795. The van der Waals surface area contributed by atoms with Crippen molar-refractivity contribution in [3.63, 3.8) is 0 Å². The average Bonchev–Trinajstić information content (AvgIpc) is 2.63. The highest BCUT2D eigenvalue weighted by molar-refractivity contribution is 6.31. The van der Waals surface area contributed by atoms with Crippen LogP contribution in [0.4, 0.5) is 11.4 Å². The fraction of sp³-hybridized carbons (Fsp3) is 0.263. The van der Waals surface area contributed by atoms with E-state index >= 15 is 0 Å². The molecule has 2 aromatic carbocycles. The van der Waals surface area contributed by atoms with Gasteiger partial charge in [0, 0.05) is 22.9 Å². The normalized spacial score (nSPS) is 11.5. The molecule has 138 valence electrons. The number of amides is 1. The van der Waals surface area contributed by atoms with E-state index in [1.807, 2.05) is 0 Å². The standard InChI is InChI=1S/C19H21ClN2O4/c1-12-15(20)7-5-9-16(12)22-18(24)13(2)26-19(25)14-6-3-4-8-17(14)21-10-11-23/h3-9,13,21,23H,10-11H2,1-2H3,(H,22,24). The molecule has 0 spiro atoms. The summed E-state index contributed by atoms with van der Waals surface area (Å²) in [6, 6.07) is 11.9. The number of rotatable bonds is 7. The Balaban J connectivity index is 2.05. The highest BCUT2D eigenvalue weighted by Crippen LogP contribution is 2.23. The van der Waals surface area contributed by atoms with Crippen LogP contribution in [0.3, 0.4) is 0 Å². The van der Waals surface area contributed by atoms with Crippen molar-refractivity contribution < 1.29 is 19.4 Å². The van der Waals surface area contributed by atoms with Crippen molar-refractivity contribution >= 4 is 34.9 Å². The summed E-state index contributed by atoms with van der Waals surface area (Å²) in [5.41, 5.74) is 2.12. The van der Waals surface area contributed by atoms with Crippen LogP contribution in [0.15, 0.2) is 42.5 Å². The minimum Gasteiger partial charge on any atom is -0.449 e. The third-order valence-electron chi connectivity index (χ3n) is 3.75. The van der Waals surface area contributed by atoms with Gasteiger partial charge in [0.15, 0.2) is 6.10 Å². The van der Waals surface area contributed by atoms with Crippen molar-refractivity contribution in [1.82, 2.24) is 0 Å². The molecule has 6 nitrogen and oxygen atoms in total. The lowest BCUT2D eigenvalue weighted by molar-refractivity contribution is -0.123. The molecule has 0 radical (unpaired) electrons. The van der Waals surface area contributed by atoms with Crippen molar-refractivity contribution in [1.29, 1.82) is 0 Å².